The third-order valence-corrected chi connectivity index (χ3v) is 7.26. The van der Waals surface area contributed by atoms with E-state index in [0.29, 0.717) is 17.0 Å². The standard InChI is InChI=1S/C23H24N2O3S/c1-16-11-13-18(14-12-16)17(2)24-22(26)10-5-15-25-20-8-3-6-19-7-4-9-21(23(19)20)29(25,27)28/h3-4,6-9,11-14,17H,5,10,15H2,1-2H3,(H,24,26)/t17-/m0/s1. The van der Waals surface area contributed by atoms with Gasteiger partial charge in [0.05, 0.1) is 16.6 Å². The molecule has 1 amide bonds. The average molecular weight is 409 g/mol. The number of carbonyl (C=O) groups excluding carboxylic acids is 1. The maximum Gasteiger partial charge on any atom is 0.265 e. The van der Waals surface area contributed by atoms with E-state index in [1.165, 1.54) is 9.87 Å². The van der Waals surface area contributed by atoms with E-state index in [1.807, 2.05) is 62.4 Å². The van der Waals surface area contributed by atoms with Crippen LogP contribution in [0.1, 0.15) is 36.9 Å². The van der Waals surface area contributed by atoms with Gasteiger partial charge in [-0.15, -0.1) is 0 Å². The molecule has 1 aliphatic heterocycles. The lowest BCUT2D eigenvalue weighted by Crippen LogP contribution is -2.30. The van der Waals surface area contributed by atoms with E-state index in [9.17, 15) is 13.2 Å². The number of anilines is 1. The summed E-state index contributed by atoms with van der Waals surface area (Å²) in [5.74, 6) is -0.0783. The van der Waals surface area contributed by atoms with E-state index in [0.717, 1.165) is 16.3 Å². The van der Waals surface area contributed by atoms with Crippen molar-refractivity contribution in [1.29, 1.82) is 0 Å². The number of rotatable bonds is 6. The lowest BCUT2D eigenvalue weighted by atomic mass is 10.1. The molecule has 1 atom stereocenters. The summed E-state index contributed by atoms with van der Waals surface area (Å²) >= 11 is 0. The number of benzene rings is 3. The molecule has 3 aromatic carbocycles. The molecule has 0 saturated heterocycles. The molecule has 150 valence electrons. The van der Waals surface area contributed by atoms with Gasteiger partial charge in [-0.05, 0) is 43.4 Å². The SMILES string of the molecule is Cc1ccc([C@H](C)NC(=O)CCCN2c3cccc4cccc(c34)S2(=O)=O)cc1. The summed E-state index contributed by atoms with van der Waals surface area (Å²) in [6, 6.07) is 18.9. The van der Waals surface area contributed by atoms with Gasteiger partial charge in [0.1, 0.15) is 0 Å². The highest BCUT2D eigenvalue weighted by Gasteiger charge is 2.35. The van der Waals surface area contributed by atoms with E-state index < -0.39 is 10.0 Å². The first-order valence-corrected chi connectivity index (χ1v) is 11.2. The summed E-state index contributed by atoms with van der Waals surface area (Å²) < 4.78 is 27.3. The zero-order valence-electron chi connectivity index (χ0n) is 16.6. The zero-order valence-corrected chi connectivity index (χ0v) is 17.4. The predicted molar refractivity (Wildman–Crippen MR) is 115 cm³/mol. The van der Waals surface area contributed by atoms with Crippen molar-refractivity contribution in [3.05, 3.63) is 71.8 Å². The van der Waals surface area contributed by atoms with Crippen LogP contribution in [0.25, 0.3) is 10.8 Å². The molecular formula is C23H24N2O3S. The predicted octanol–water partition coefficient (Wildman–Crippen LogP) is 4.31. The Hall–Kier alpha value is -2.86. The van der Waals surface area contributed by atoms with Gasteiger partial charge in [-0.1, -0.05) is 54.1 Å². The number of nitrogens with one attached hydrogen (secondary N) is 1. The molecule has 1 aliphatic rings. The van der Waals surface area contributed by atoms with E-state index in [1.54, 1.807) is 12.1 Å². The lowest BCUT2D eigenvalue weighted by Gasteiger charge is -2.19. The smallest absolute Gasteiger partial charge is 0.265 e. The molecule has 29 heavy (non-hydrogen) atoms. The molecular weight excluding hydrogens is 384 g/mol. The Bertz CT molecular complexity index is 1170. The van der Waals surface area contributed by atoms with Crippen molar-refractivity contribution in [2.75, 3.05) is 10.8 Å². The average Bonchev–Trinajstić information content (AvgIpc) is 2.92. The number of sulfonamides is 1. The number of amides is 1. The van der Waals surface area contributed by atoms with Crippen LogP contribution >= 0.6 is 0 Å². The molecule has 0 spiro atoms. The van der Waals surface area contributed by atoms with Gasteiger partial charge in [-0.2, -0.15) is 0 Å². The maximum absolute atomic E-state index is 13.0. The van der Waals surface area contributed by atoms with Gasteiger partial charge in [-0.3, -0.25) is 9.10 Å². The van der Waals surface area contributed by atoms with Gasteiger partial charge < -0.3 is 5.32 Å². The number of hydrogen-bond acceptors (Lipinski definition) is 3. The summed E-state index contributed by atoms with van der Waals surface area (Å²) in [6.07, 6.45) is 0.727. The summed E-state index contributed by atoms with van der Waals surface area (Å²) in [6.45, 7) is 4.26. The van der Waals surface area contributed by atoms with Gasteiger partial charge in [0.2, 0.25) is 5.91 Å². The van der Waals surface area contributed by atoms with E-state index in [-0.39, 0.29) is 24.9 Å². The second-order valence-electron chi connectivity index (χ2n) is 7.51. The van der Waals surface area contributed by atoms with Crippen molar-refractivity contribution in [1.82, 2.24) is 5.32 Å². The summed E-state index contributed by atoms with van der Waals surface area (Å²) in [5.41, 5.74) is 2.93. The van der Waals surface area contributed by atoms with Crippen LogP contribution in [-0.2, 0) is 14.8 Å². The molecule has 0 radical (unpaired) electrons. The molecule has 6 heteroatoms. The zero-order chi connectivity index (χ0) is 20.6. The molecule has 5 nitrogen and oxygen atoms in total. The van der Waals surface area contributed by atoms with Crippen LogP contribution < -0.4 is 9.62 Å². The highest BCUT2D eigenvalue weighted by molar-refractivity contribution is 7.93. The van der Waals surface area contributed by atoms with Crippen molar-refractivity contribution in [2.24, 2.45) is 0 Å². The molecule has 0 fully saturated rings. The number of aryl methyl sites for hydroxylation is 1. The molecule has 0 unspecified atom stereocenters. The lowest BCUT2D eigenvalue weighted by molar-refractivity contribution is -0.121. The number of carbonyl (C=O) groups is 1. The van der Waals surface area contributed by atoms with Gasteiger partial charge in [0, 0.05) is 18.4 Å². The minimum absolute atomic E-state index is 0.0783. The number of hydrogen-bond donors (Lipinski definition) is 1. The van der Waals surface area contributed by atoms with Crippen LogP contribution in [0.2, 0.25) is 0 Å². The Labute approximate surface area is 171 Å². The number of nitrogens with zero attached hydrogens (tertiary/aromatic N) is 1. The van der Waals surface area contributed by atoms with Gasteiger partial charge in [0.25, 0.3) is 10.0 Å². The molecule has 1 N–H and O–H groups in total. The highest BCUT2D eigenvalue weighted by atomic mass is 32.2. The quantitative estimate of drug-likeness (QED) is 0.661. The van der Waals surface area contributed by atoms with Crippen molar-refractivity contribution >= 4 is 32.4 Å². The molecule has 3 aromatic rings. The third-order valence-electron chi connectivity index (χ3n) is 5.40. The Kier molecular flexibility index (Phi) is 5.04. The molecule has 0 bridgehead atoms. The first kappa shape index (κ1) is 19.5. The Balaban J connectivity index is 1.40. The maximum atomic E-state index is 13.0. The largest absolute Gasteiger partial charge is 0.350 e. The Morgan fingerprint density at radius 2 is 1.72 bits per heavy atom. The van der Waals surface area contributed by atoms with E-state index in [2.05, 4.69) is 5.32 Å². The minimum atomic E-state index is -3.56. The van der Waals surface area contributed by atoms with Crippen molar-refractivity contribution < 1.29 is 13.2 Å². The van der Waals surface area contributed by atoms with Crippen LogP contribution in [0.15, 0.2) is 65.6 Å². The molecule has 0 aliphatic carbocycles. The molecule has 1 heterocycles. The topological polar surface area (TPSA) is 66.5 Å². The van der Waals surface area contributed by atoms with Crippen LogP contribution in [0, 0.1) is 6.92 Å². The fourth-order valence-corrected chi connectivity index (χ4v) is 5.58. The van der Waals surface area contributed by atoms with Crippen LogP contribution in [0.3, 0.4) is 0 Å². The van der Waals surface area contributed by atoms with Gasteiger partial charge in [-0.25, -0.2) is 8.42 Å². The normalized spacial score (nSPS) is 15.4. The van der Waals surface area contributed by atoms with Crippen molar-refractivity contribution in [3.8, 4) is 0 Å². The first-order valence-electron chi connectivity index (χ1n) is 9.78. The first-order chi connectivity index (χ1) is 13.9. The summed E-state index contributed by atoms with van der Waals surface area (Å²) in [7, 11) is -3.56. The van der Waals surface area contributed by atoms with Crippen LogP contribution in [0.5, 0.6) is 0 Å². The van der Waals surface area contributed by atoms with Crippen molar-refractivity contribution in [2.45, 2.75) is 37.6 Å². The fourth-order valence-electron chi connectivity index (χ4n) is 3.83. The second-order valence-corrected chi connectivity index (χ2v) is 9.34. The Morgan fingerprint density at radius 3 is 2.45 bits per heavy atom. The Morgan fingerprint density at radius 1 is 1.03 bits per heavy atom. The van der Waals surface area contributed by atoms with Crippen molar-refractivity contribution in [3.63, 3.8) is 0 Å². The molecule has 0 aromatic heterocycles. The van der Waals surface area contributed by atoms with Crippen LogP contribution in [0.4, 0.5) is 5.69 Å². The highest BCUT2D eigenvalue weighted by Crippen LogP contribution is 2.41. The summed E-state index contributed by atoms with van der Waals surface area (Å²) in [5, 5.41) is 4.68. The second kappa shape index (κ2) is 7.52. The van der Waals surface area contributed by atoms with Gasteiger partial charge >= 0.3 is 0 Å². The van der Waals surface area contributed by atoms with E-state index in [4.69, 9.17) is 0 Å². The summed E-state index contributed by atoms with van der Waals surface area (Å²) in [4.78, 5) is 12.7. The monoisotopic (exact) mass is 408 g/mol. The molecule has 0 saturated carbocycles. The molecule has 4 rings (SSSR count). The fraction of sp³-hybridized carbons (Fsp3) is 0.261. The minimum Gasteiger partial charge on any atom is -0.350 e. The van der Waals surface area contributed by atoms with E-state index >= 15 is 0 Å². The van der Waals surface area contributed by atoms with Gasteiger partial charge in [0.15, 0.2) is 0 Å². The van der Waals surface area contributed by atoms with Crippen LogP contribution in [-0.4, -0.2) is 20.9 Å². The third kappa shape index (κ3) is 3.60.